The van der Waals surface area contributed by atoms with Gasteiger partial charge in [0.2, 0.25) is 0 Å². The quantitative estimate of drug-likeness (QED) is 0.804. The van der Waals surface area contributed by atoms with Crippen LogP contribution in [-0.4, -0.2) is 9.97 Å². The van der Waals surface area contributed by atoms with Crippen molar-refractivity contribution in [3.05, 3.63) is 45.1 Å². The summed E-state index contributed by atoms with van der Waals surface area (Å²) in [5, 5.41) is 0. The van der Waals surface area contributed by atoms with Gasteiger partial charge in [-0.3, -0.25) is 0 Å². The molecule has 76 valence electrons. The Labute approximate surface area is 102 Å². The number of aryl methyl sites for hydroxylation is 1. The molecule has 0 aliphatic carbocycles. The molecule has 1 aromatic heterocycles. The highest BCUT2D eigenvalue weighted by Gasteiger charge is 2.04. The Hall–Kier alpha value is -1.00. The lowest BCUT2D eigenvalue weighted by Crippen LogP contribution is -1.89. The van der Waals surface area contributed by atoms with E-state index >= 15 is 0 Å². The maximum Gasteiger partial charge on any atom is 0.139 e. The molecule has 2 rings (SSSR count). The first-order valence-corrected chi connectivity index (χ1v) is 5.69. The predicted octanol–water partition coefficient (Wildman–Crippen LogP) is 3.88. The SMILES string of the molecule is Cc1ccc(-c2nccc(=S)[nH]2)c(Br)c1. The van der Waals surface area contributed by atoms with Gasteiger partial charge in [0.15, 0.2) is 0 Å². The number of H-pyrrole nitrogens is 1. The van der Waals surface area contributed by atoms with Gasteiger partial charge in [0.25, 0.3) is 0 Å². The number of hydrogen-bond acceptors (Lipinski definition) is 2. The van der Waals surface area contributed by atoms with E-state index in [1.54, 1.807) is 12.3 Å². The monoisotopic (exact) mass is 280 g/mol. The summed E-state index contributed by atoms with van der Waals surface area (Å²) in [5.41, 5.74) is 2.23. The topological polar surface area (TPSA) is 28.7 Å². The molecule has 0 aliphatic rings. The van der Waals surface area contributed by atoms with Crippen LogP contribution in [0.1, 0.15) is 5.56 Å². The molecule has 1 heterocycles. The van der Waals surface area contributed by atoms with Gasteiger partial charge in [-0.2, -0.15) is 0 Å². The van der Waals surface area contributed by atoms with Gasteiger partial charge >= 0.3 is 0 Å². The minimum atomic E-state index is 0.687. The van der Waals surface area contributed by atoms with E-state index in [1.807, 2.05) is 12.1 Å². The van der Waals surface area contributed by atoms with Gasteiger partial charge in [-0.25, -0.2) is 4.98 Å². The van der Waals surface area contributed by atoms with Crippen LogP contribution in [0, 0.1) is 11.6 Å². The number of aromatic amines is 1. The average molecular weight is 281 g/mol. The minimum absolute atomic E-state index is 0.687. The zero-order chi connectivity index (χ0) is 10.8. The molecule has 0 saturated carbocycles. The van der Waals surface area contributed by atoms with Crippen LogP contribution in [0.3, 0.4) is 0 Å². The molecule has 0 spiro atoms. The first kappa shape index (κ1) is 10.5. The second-order valence-corrected chi connectivity index (χ2v) is 4.56. The summed E-state index contributed by atoms with van der Waals surface area (Å²) in [6, 6.07) is 7.89. The van der Waals surface area contributed by atoms with E-state index < -0.39 is 0 Å². The summed E-state index contributed by atoms with van der Waals surface area (Å²) in [6.07, 6.45) is 1.71. The van der Waals surface area contributed by atoms with Gasteiger partial charge in [-0.05, 0) is 30.7 Å². The van der Waals surface area contributed by atoms with Crippen molar-refractivity contribution < 1.29 is 0 Å². The third-order valence-electron chi connectivity index (χ3n) is 2.05. The number of nitrogens with zero attached hydrogens (tertiary/aromatic N) is 1. The van der Waals surface area contributed by atoms with Gasteiger partial charge < -0.3 is 4.98 Å². The summed E-state index contributed by atoms with van der Waals surface area (Å²) in [7, 11) is 0. The van der Waals surface area contributed by atoms with Crippen LogP contribution in [0.25, 0.3) is 11.4 Å². The Balaban J connectivity index is 2.59. The lowest BCUT2D eigenvalue weighted by Gasteiger charge is -2.04. The third-order valence-corrected chi connectivity index (χ3v) is 2.95. The lowest BCUT2D eigenvalue weighted by atomic mass is 10.1. The normalized spacial score (nSPS) is 10.3. The highest BCUT2D eigenvalue weighted by molar-refractivity contribution is 9.10. The number of aromatic nitrogens is 2. The second-order valence-electron chi connectivity index (χ2n) is 3.27. The molecule has 0 atom stereocenters. The van der Waals surface area contributed by atoms with E-state index in [0.717, 1.165) is 15.9 Å². The van der Waals surface area contributed by atoms with Crippen molar-refractivity contribution in [2.24, 2.45) is 0 Å². The number of rotatable bonds is 1. The van der Waals surface area contributed by atoms with Gasteiger partial charge in [0, 0.05) is 16.2 Å². The van der Waals surface area contributed by atoms with Crippen LogP contribution in [0.4, 0.5) is 0 Å². The fraction of sp³-hybridized carbons (Fsp3) is 0.0909. The summed E-state index contributed by atoms with van der Waals surface area (Å²) >= 11 is 8.57. The Morgan fingerprint density at radius 3 is 2.80 bits per heavy atom. The van der Waals surface area contributed by atoms with E-state index in [-0.39, 0.29) is 0 Å². The standard InChI is InChI=1S/C11H9BrN2S/c1-7-2-3-8(9(12)6-7)11-13-5-4-10(15)14-11/h2-6H,1H3,(H,13,14,15). The first-order valence-electron chi connectivity index (χ1n) is 4.48. The molecular weight excluding hydrogens is 272 g/mol. The van der Waals surface area contributed by atoms with E-state index in [1.165, 1.54) is 5.56 Å². The van der Waals surface area contributed by atoms with Crippen LogP contribution in [0.5, 0.6) is 0 Å². The summed E-state index contributed by atoms with van der Waals surface area (Å²) < 4.78 is 1.71. The Bertz CT molecular complexity index is 548. The van der Waals surface area contributed by atoms with E-state index in [9.17, 15) is 0 Å². The van der Waals surface area contributed by atoms with Crippen molar-refractivity contribution in [1.29, 1.82) is 0 Å². The largest absolute Gasteiger partial charge is 0.331 e. The Kier molecular flexibility index (Phi) is 2.98. The van der Waals surface area contributed by atoms with Gasteiger partial charge in [0.05, 0.1) is 0 Å². The second kappa shape index (κ2) is 4.24. The third kappa shape index (κ3) is 2.33. The van der Waals surface area contributed by atoms with E-state index in [0.29, 0.717) is 4.64 Å². The van der Waals surface area contributed by atoms with Crippen molar-refractivity contribution >= 4 is 28.1 Å². The van der Waals surface area contributed by atoms with E-state index in [4.69, 9.17) is 12.2 Å². The first-order chi connectivity index (χ1) is 7.16. The van der Waals surface area contributed by atoms with Gasteiger partial charge in [-0.15, -0.1) is 0 Å². The molecule has 2 nitrogen and oxygen atoms in total. The summed E-state index contributed by atoms with van der Waals surface area (Å²) in [5.74, 6) is 0.786. The van der Waals surface area contributed by atoms with Crippen molar-refractivity contribution in [3.8, 4) is 11.4 Å². The van der Waals surface area contributed by atoms with E-state index in [2.05, 4.69) is 38.9 Å². The zero-order valence-corrected chi connectivity index (χ0v) is 10.5. The van der Waals surface area contributed by atoms with Crippen LogP contribution in [0.2, 0.25) is 0 Å². The number of nitrogens with one attached hydrogen (secondary N) is 1. The molecular formula is C11H9BrN2S. The highest BCUT2D eigenvalue weighted by Crippen LogP contribution is 2.25. The highest BCUT2D eigenvalue weighted by atomic mass is 79.9. The Morgan fingerprint density at radius 2 is 2.13 bits per heavy atom. The molecule has 0 radical (unpaired) electrons. The van der Waals surface area contributed by atoms with Crippen molar-refractivity contribution in [1.82, 2.24) is 9.97 Å². The molecule has 1 N–H and O–H groups in total. The van der Waals surface area contributed by atoms with Crippen LogP contribution in [-0.2, 0) is 0 Å². The average Bonchev–Trinajstić information content (AvgIpc) is 2.17. The molecule has 0 unspecified atom stereocenters. The number of hydrogen-bond donors (Lipinski definition) is 1. The molecule has 2 aromatic rings. The zero-order valence-electron chi connectivity index (χ0n) is 8.12. The van der Waals surface area contributed by atoms with Crippen molar-refractivity contribution in [2.75, 3.05) is 0 Å². The molecule has 0 amide bonds. The number of halogens is 1. The van der Waals surface area contributed by atoms with Crippen molar-refractivity contribution in [2.45, 2.75) is 6.92 Å². The summed E-state index contributed by atoms with van der Waals surface area (Å²) in [4.78, 5) is 7.31. The lowest BCUT2D eigenvalue weighted by molar-refractivity contribution is 1.16. The molecule has 0 saturated heterocycles. The molecule has 4 heteroatoms. The molecule has 0 bridgehead atoms. The van der Waals surface area contributed by atoms with Gasteiger partial charge in [0.1, 0.15) is 10.5 Å². The Morgan fingerprint density at radius 1 is 1.33 bits per heavy atom. The maximum absolute atomic E-state index is 5.06. The summed E-state index contributed by atoms with van der Waals surface area (Å²) in [6.45, 7) is 2.05. The fourth-order valence-corrected chi connectivity index (χ4v) is 2.16. The fourth-order valence-electron chi connectivity index (χ4n) is 1.32. The molecule has 0 fully saturated rings. The van der Waals surface area contributed by atoms with Crippen molar-refractivity contribution in [3.63, 3.8) is 0 Å². The van der Waals surface area contributed by atoms with Gasteiger partial charge in [-0.1, -0.05) is 34.2 Å². The molecule has 0 aliphatic heterocycles. The smallest absolute Gasteiger partial charge is 0.139 e. The molecule has 1 aromatic carbocycles. The predicted molar refractivity (Wildman–Crippen MR) is 67.3 cm³/mol. The number of benzene rings is 1. The van der Waals surface area contributed by atoms with Crippen LogP contribution in [0.15, 0.2) is 34.9 Å². The maximum atomic E-state index is 5.06. The van der Waals surface area contributed by atoms with Crippen LogP contribution >= 0.6 is 28.1 Å². The van der Waals surface area contributed by atoms with Crippen LogP contribution < -0.4 is 0 Å². The molecule has 15 heavy (non-hydrogen) atoms. The minimum Gasteiger partial charge on any atom is -0.331 e.